The van der Waals surface area contributed by atoms with E-state index in [2.05, 4.69) is 10.3 Å². The molecular formula is C23H20ClN3O6. The summed E-state index contributed by atoms with van der Waals surface area (Å²) in [6, 6.07) is 9.69. The normalized spacial score (nSPS) is 15.3. The topological polar surface area (TPSA) is 133 Å². The number of nitrogens with one attached hydrogen (secondary N) is 1. The van der Waals surface area contributed by atoms with Crippen molar-refractivity contribution in [1.82, 2.24) is 4.98 Å². The fourth-order valence-electron chi connectivity index (χ4n) is 3.38. The molecule has 0 radical (unpaired) electrons. The number of pyridine rings is 1. The van der Waals surface area contributed by atoms with Gasteiger partial charge in [-0.05, 0) is 31.2 Å². The summed E-state index contributed by atoms with van der Waals surface area (Å²) in [5.74, 6) is 0.134. The number of hydrogen-bond donors (Lipinski definition) is 3. The molecule has 10 heteroatoms. The number of carbonyl (C=O) groups excluding carboxylic acids is 2. The Morgan fingerprint density at radius 2 is 2.03 bits per heavy atom. The van der Waals surface area contributed by atoms with Crippen LogP contribution in [0.2, 0.25) is 5.02 Å². The number of benzene rings is 2. The molecule has 4 rings (SSSR count). The summed E-state index contributed by atoms with van der Waals surface area (Å²) in [6.07, 6.45) is 0.285. The van der Waals surface area contributed by atoms with Gasteiger partial charge in [-0.25, -0.2) is 0 Å². The minimum Gasteiger partial charge on any atom is -0.496 e. The van der Waals surface area contributed by atoms with Gasteiger partial charge in [-0.2, -0.15) is 0 Å². The quantitative estimate of drug-likeness (QED) is 0.457. The summed E-state index contributed by atoms with van der Waals surface area (Å²) >= 11 is 6.39. The number of anilines is 1. The summed E-state index contributed by atoms with van der Waals surface area (Å²) < 4.78 is 16.5. The zero-order valence-corrected chi connectivity index (χ0v) is 18.5. The molecule has 0 spiro atoms. The Morgan fingerprint density at radius 3 is 2.70 bits per heavy atom. The van der Waals surface area contributed by atoms with E-state index in [-0.39, 0.29) is 17.0 Å². The van der Waals surface area contributed by atoms with Gasteiger partial charge >= 0.3 is 0 Å². The Kier molecular flexibility index (Phi) is 6.08. The second-order valence-corrected chi connectivity index (χ2v) is 7.46. The van der Waals surface area contributed by atoms with E-state index >= 15 is 0 Å². The predicted molar refractivity (Wildman–Crippen MR) is 122 cm³/mol. The summed E-state index contributed by atoms with van der Waals surface area (Å²) in [6.45, 7) is 2.04. The van der Waals surface area contributed by atoms with E-state index in [1.165, 1.54) is 7.11 Å². The maximum absolute atomic E-state index is 11.8. The lowest BCUT2D eigenvalue weighted by Gasteiger charge is -2.28. The number of nitrogens with zero attached hydrogens (tertiary/aromatic N) is 1. The molecule has 1 unspecified atom stereocenters. The highest BCUT2D eigenvalue weighted by atomic mass is 35.5. The third kappa shape index (κ3) is 4.15. The van der Waals surface area contributed by atoms with Crippen molar-refractivity contribution in [2.45, 2.75) is 13.0 Å². The molecule has 1 aliphatic rings. The number of ketones is 1. The first-order chi connectivity index (χ1) is 15.8. The fraction of sp³-hybridized carbons (Fsp3) is 0.174. The summed E-state index contributed by atoms with van der Waals surface area (Å²) in [5, 5.41) is 13.7. The van der Waals surface area contributed by atoms with Crippen LogP contribution in [-0.4, -0.2) is 41.6 Å². The van der Waals surface area contributed by atoms with Crippen LogP contribution in [0, 0.1) is 0 Å². The largest absolute Gasteiger partial charge is 0.496 e. The van der Waals surface area contributed by atoms with Gasteiger partial charge in [-0.15, -0.1) is 0 Å². The van der Waals surface area contributed by atoms with Crippen molar-refractivity contribution in [3.8, 4) is 17.2 Å². The van der Waals surface area contributed by atoms with Gasteiger partial charge in [-0.3, -0.25) is 14.6 Å². The van der Waals surface area contributed by atoms with Gasteiger partial charge < -0.3 is 30.4 Å². The highest BCUT2D eigenvalue weighted by Gasteiger charge is 2.40. The van der Waals surface area contributed by atoms with Crippen LogP contribution in [0.5, 0.6) is 17.2 Å². The number of methoxy groups -OCH3 is 1. The van der Waals surface area contributed by atoms with E-state index in [9.17, 15) is 14.7 Å². The van der Waals surface area contributed by atoms with Crippen molar-refractivity contribution in [2.75, 3.05) is 19.0 Å². The first-order valence-corrected chi connectivity index (χ1v) is 10.3. The van der Waals surface area contributed by atoms with Crippen LogP contribution in [0.3, 0.4) is 0 Å². The van der Waals surface area contributed by atoms with E-state index in [1.54, 1.807) is 49.5 Å². The molecule has 4 N–H and O–H groups in total. The number of carbonyl (C=O) groups is 2. The van der Waals surface area contributed by atoms with Crippen molar-refractivity contribution >= 4 is 39.9 Å². The number of rotatable bonds is 8. The van der Waals surface area contributed by atoms with E-state index in [0.717, 1.165) is 0 Å². The number of ether oxygens (including phenoxy) is 3. The molecule has 0 saturated heterocycles. The van der Waals surface area contributed by atoms with Crippen LogP contribution in [-0.2, 0) is 9.53 Å². The molecule has 9 nitrogen and oxygen atoms in total. The molecule has 0 aliphatic heterocycles. The SMILES string of the molecule is CCOC1=C(Nc2ccc(Oc3ccnc4cc(OC)c(C(N)=O)cc34)cc2Cl)C(O)C1=O. The van der Waals surface area contributed by atoms with E-state index in [1.807, 2.05) is 0 Å². The van der Waals surface area contributed by atoms with Crippen LogP contribution in [0.1, 0.15) is 17.3 Å². The van der Waals surface area contributed by atoms with Crippen LogP contribution in [0.25, 0.3) is 10.9 Å². The van der Waals surface area contributed by atoms with Gasteiger partial charge in [0.2, 0.25) is 5.78 Å². The van der Waals surface area contributed by atoms with Crippen molar-refractivity contribution in [3.63, 3.8) is 0 Å². The Morgan fingerprint density at radius 1 is 1.24 bits per heavy atom. The van der Waals surface area contributed by atoms with Crippen molar-refractivity contribution in [3.05, 3.63) is 64.6 Å². The summed E-state index contributed by atoms with van der Waals surface area (Å²) in [7, 11) is 1.44. The van der Waals surface area contributed by atoms with Gasteiger partial charge in [-0.1, -0.05) is 11.6 Å². The first kappa shape index (κ1) is 22.4. The molecule has 1 amide bonds. The highest BCUT2D eigenvalue weighted by molar-refractivity contribution is 6.33. The summed E-state index contributed by atoms with van der Waals surface area (Å²) in [4.78, 5) is 27.8. The third-order valence-corrected chi connectivity index (χ3v) is 5.32. The Hall–Kier alpha value is -3.82. The number of Topliss-reactive ketones (excluding diaryl/α,β-unsaturated/α-hetero) is 1. The van der Waals surface area contributed by atoms with Gasteiger partial charge in [0.15, 0.2) is 11.9 Å². The number of hydrogen-bond acceptors (Lipinski definition) is 8. The average Bonchev–Trinajstić information content (AvgIpc) is 2.81. The molecule has 0 fully saturated rings. The maximum Gasteiger partial charge on any atom is 0.252 e. The second-order valence-electron chi connectivity index (χ2n) is 7.05. The first-order valence-electron chi connectivity index (χ1n) is 9.94. The van der Waals surface area contributed by atoms with Crippen molar-refractivity contribution in [1.29, 1.82) is 0 Å². The standard InChI is InChI=1S/C23H20ClN3O6/c1-3-32-22-19(20(28)21(22)29)27-15-5-4-11(8-14(15)24)33-17-6-7-26-16-10-18(31-2)13(23(25)30)9-12(16)17/h4-10,20,27-28H,3H2,1-2H3,(H2,25,30). The monoisotopic (exact) mass is 469 g/mol. The Bertz CT molecular complexity index is 1310. The van der Waals surface area contributed by atoms with E-state index < -0.39 is 17.8 Å². The number of amides is 1. The zero-order chi connectivity index (χ0) is 23.7. The smallest absolute Gasteiger partial charge is 0.252 e. The number of halogens is 1. The molecule has 3 aromatic rings. The van der Waals surface area contributed by atoms with Crippen LogP contribution >= 0.6 is 11.6 Å². The van der Waals surface area contributed by atoms with Gasteiger partial charge in [0, 0.05) is 23.7 Å². The second kappa shape index (κ2) is 8.97. The minimum atomic E-state index is -1.28. The van der Waals surface area contributed by atoms with E-state index in [4.69, 9.17) is 31.5 Å². The number of aliphatic hydroxyl groups excluding tert-OH is 1. The number of fused-ring (bicyclic) bond motifs is 1. The predicted octanol–water partition coefficient (Wildman–Crippen LogP) is 3.39. The third-order valence-electron chi connectivity index (χ3n) is 5.00. The number of aromatic nitrogens is 1. The molecule has 1 atom stereocenters. The summed E-state index contributed by atoms with van der Waals surface area (Å²) in [5.41, 5.74) is 6.94. The molecule has 33 heavy (non-hydrogen) atoms. The van der Waals surface area contributed by atoms with E-state index in [0.29, 0.717) is 45.5 Å². The zero-order valence-electron chi connectivity index (χ0n) is 17.7. The van der Waals surface area contributed by atoms with Crippen LogP contribution in [0.4, 0.5) is 5.69 Å². The molecule has 0 saturated carbocycles. The molecule has 1 aliphatic carbocycles. The molecule has 1 heterocycles. The number of aliphatic hydroxyl groups is 1. The lowest BCUT2D eigenvalue weighted by molar-refractivity contribution is -0.129. The molecule has 0 bridgehead atoms. The highest BCUT2D eigenvalue weighted by Crippen LogP contribution is 2.36. The van der Waals surface area contributed by atoms with Crippen LogP contribution < -0.4 is 20.5 Å². The van der Waals surface area contributed by atoms with Crippen molar-refractivity contribution in [2.24, 2.45) is 5.73 Å². The number of primary amides is 1. The molecule has 2 aromatic carbocycles. The lowest BCUT2D eigenvalue weighted by Crippen LogP contribution is -2.41. The van der Waals surface area contributed by atoms with Crippen molar-refractivity contribution < 1.29 is 28.9 Å². The Balaban J connectivity index is 1.63. The lowest BCUT2D eigenvalue weighted by atomic mass is 9.97. The fourth-order valence-corrected chi connectivity index (χ4v) is 3.60. The molecular weight excluding hydrogens is 450 g/mol. The van der Waals surface area contributed by atoms with Gasteiger partial charge in [0.05, 0.1) is 41.2 Å². The molecule has 1 aromatic heterocycles. The van der Waals surface area contributed by atoms with Gasteiger partial charge in [0.1, 0.15) is 17.2 Å². The minimum absolute atomic E-state index is 0.0883. The average molecular weight is 470 g/mol. The number of nitrogens with two attached hydrogens (primary N) is 1. The van der Waals surface area contributed by atoms with Gasteiger partial charge in [0.25, 0.3) is 5.91 Å². The molecule has 170 valence electrons. The maximum atomic E-state index is 11.8. The Labute approximate surface area is 193 Å². The van der Waals surface area contributed by atoms with Crippen LogP contribution in [0.15, 0.2) is 54.1 Å².